The van der Waals surface area contributed by atoms with E-state index in [1.807, 2.05) is 0 Å². The first-order chi connectivity index (χ1) is 10.1. The minimum Gasteiger partial charge on any atom is -0.356 e. The predicted molar refractivity (Wildman–Crippen MR) is 78.4 cm³/mol. The van der Waals surface area contributed by atoms with E-state index >= 15 is 0 Å². The fraction of sp³-hybridized carbons (Fsp3) is 0.286. The number of rotatable bonds is 5. The molecule has 1 N–H and O–H groups in total. The van der Waals surface area contributed by atoms with Gasteiger partial charge in [-0.05, 0) is 36.6 Å². The summed E-state index contributed by atoms with van der Waals surface area (Å²) in [7, 11) is 0. The number of aromatic nitrogens is 1. The second-order valence-electron chi connectivity index (χ2n) is 5.11. The molecule has 0 aliphatic heterocycles. The van der Waals surface area contributed by atoms with Crippen LogP contribution < -0.4 is 0 Å². The average molecular weight is 326 g/mol. The van der Waals surface area contributed by atoms with E-state index in [1.165, 1.54) is 0 Å². The summed E-state index contributed by atoms with van der Waals surface area (Å²) < 4.78 is 25.3. The van der Waals surface area contributed by atoms with Crippen LogP contribution in [-0.4, -0.2) is 20.2 Å². The molecule has 0 bridgehead atoms. The molecule has 1 heterocycles. The zero-order chi connectivity index (χ0) is 15.0. The van der Waals surface area contributed by atoms with Crippen molar-refractivity contribution in [3.8, 4) is 11.3 Å². The van der Waals surface area contributed by atoms with Gasteiger partial charge in [-0.15, -0.1) is 0 Å². The van der Waals surface area contributed by atoms with Crippen LogP contribution in [0.2, 0.25) is 5.02 Å². The lowest BCUT2D eigenvalue weighted by atomic mass is 9.95. The van der Waals surface area contributed by atoms with Crippen LogP contribution in [0.25, 0.3) is 11.3 Å². The zero-order valence-corrected chi connectivity index (χ0v) is 12.5. The molecule has 1 atom stereocenters. The molecule has 0 radical (unpaired) electrons. The minimum atomic E-state index is -1.98. The van der Waals surface area contributed by atoms with Gasteiger partial charge in [0.2, 0.25) is 0 Å². The van der Waals surface area contributed by atoms with Crippen LogP contribution in [0.3, 0.4) is 0 Å². The topological polar surface area (TPSA) is 80.4 Å². The van der Waals surface area contributed by atoms with Gasteiger partial charge in [0, 0.05) is 16.1 Å². The van der Waals surface area contributed by atoms with Crippen LogP contribution in [-0.2, 0) is 27.0 Å². The molecule has 1 aromatic heterocycles. The van der Waals surface area contributed by atoms with Gasteiger partial charge < -0.3 is 13.9 Å². The van der Waals surface area contributed by atoms with Gasteiger partial charge in [0.25, 0.3) is 0 Å². The molecule has 7 heteroatoms. The van der Waals surface area contributed by atoms with Crippen molar-refractivity contribution in [2.24, 2.45) is 0 Å². The molecule has 0 saturated heterocycles. The summed E-state index contributed by atoms with van der Waals surface area (Å²) in [6, 6.07) is 5.09. The fourth-order valence-corrected chi connectivity index (χ4v) is 3.12. The summed E-state index contributed by atoms with van der Waals surface area (Å²) in [6.45, 7) is 0. The van der Waals surface area contributed by atoms with E-state index in [0.717, 1.165) is 24.7 Å². The summed E-state index contributed by atoms with van der Waals surface area (Å²) in [6.07, 6.45) is 4.06. The van der Waals surface area contributed by atoms with E-state index in [2.05, 4.69) is 5.16 Å². The lowest BCUT2D eigenvalue weighted by molar-refractivity contribution is -0.109. The van der Waals surface area contributed by atoms with Gasteiger partial charge in [0.05, 0.1) is 17.4 Å². The largest absolute Gasteiger partial charge is 0.356 e. The SMILES string of the molecule is O=CC1(c2cnoc2-c2ccc(Cl)c(CS(=O)O)c2)CC1. The number of benzene rings is 1. The van der Waals surface area contributed by atoms with Crippen LogP contribution in [0.5, 0.6) is 0 Å². The van der Waals surface area contributed by atoms with Gasteiger partial charge in [-0.25, -0.2) is 4.21 Å². The quantitative estimate of drug-likeness (QED) is 0.675. The maximum atomic E-state index is 11.3. The first-order valence-electron chi connectivity index (χ1n) is 6.33. The van der Waals surface area contributed by atoms with Gasteiger partial charge in [0.15, 0.2) is 16.8 Å². The second kappa shape index (κ2) is 5.36. The maximum Gasteiger partial charge on any atom is 0.171 e. The van der Waals surface area contributed by atoms with Crippen LogP contribution in [0.15, 0.2) is 28.9 Å². The summed E-state index contributed by atoms with van der Waals surface area (Å²) in [5, 5.41) is 4.21. The van der Waals surface area contributed by atoms with Crippen molar-refractivity contribution >= 4 is 29.0 Å². The highest BCUT2D eigenvalue weighted by Gasteiger charge is 2.47. The Labute approximate surface area is 128 Å². The third-order valence-electron chi connectivity index (χ3n) is 3.71. The summed E-state index contributed by atoms with van der Waals surface area (Å²) in [5.74, 6) is 0.454. The Balaban J connectivity index is 2.04. The third kappa shape index (κ3) is 2.66. The van der Waals surface area contributed by atoms with Gasteiger partial charge in [-0.2, -0.15) is 0 Å². The van der Waals surface area contributed by atoms with Crippen molar-refractivity contribution in [1.82, 2.24) is 5.16 Å². The Morgan fingerprint density at radius 2 is 2.24 bits per heavy atom. The van der Waals surface area contributed by atoms with Crippen molar-refractivity contribution in [2.45, 2.75) is 24.0 Å². The lowest BCUT2D eigenvalue weighted by Gasteiger charge is -2.08. The standard InChI is InChI=1S/C14H12ClNO4S/c15-12-2-1-9(5-10(12)7-21(18)19)13-11(6-16-20-13)14(8-17)3-4-14/h1-2,5-6,8H,3-4,7H2,(H,18,19). The lowest BCUT2D eigenvalue weighted by Crippen LogP contribution is -2.07. The van der Waals surface area contributed by atoms with E-state index in [-0.39, 0.29) is 5.75 Å². The Morgan fingerprint density at radius 3 is 2.86 bits per heavy atom. The molecule has 2 aromatic rings. The van der Waals surface area contributed by atoms with Crippen molar-refractivity contribution in [3.05, 3.63) is 40.5 Å². The molecule has 1 saturated carbocycles. The highest BCUT2D eigenvalue weighted by atomic mass is 35.5. The number of hydrogen-bond donors (Lipinski definition) is 1. The molecule has 0 spiro atoms. The smallest absolute Gasteiger partial charge is 0.171 e. The fourth-order valence-electron chi connectivity index (χ4n) is 2.35. The monoisotopic (exact) mass is 325 g/mol. The number of nitrogens with zero attached hydrogens (tertiary/aromatic N) is 1. The third-order valence-corrected chi connectivity index (χ3v) is 4.63. The molecule has 5 nitrogen and oxygen atoms in total. The molecule has 21 heavy (non-hydrogen) atoms. The first kappa shape index (κ1) is 14.4. The highest BCUT2D eigenvalue weighted by Crippen LogP contribution is 2.49. The Hall–Kier alpha value is -1.50. The number of aldehydes is 1. The van der Waals surface area contributed by atoms with E-state index in [1.54, 1.807) is 24.4 Å². The summed E-state index contributed by atoms with van der Waals surface area (Å²) >= 11 is 4.04. The molecule has 1 aliphatic rings. The van der Waals surface area contributed by atoms with Gasteiger partial charge >= 0.3 is 0 Å². The first-order valence-corrected chi connectivity index (χ1v) is 7.99. The van der Waals surface area contributed by atoms with Crippen LogP contribution in [0.1, 0.15) is 24.0 Å². The number of carbonyl (C=O) groups excluding carboxylic acids is 1. The molecule has 1 aliphatic carbocycles. The Bertz CT molecular complexity index is 724. The Kier molecular flexibility index (Phi) is 3.69. The van der Waals surface area contributed by atoms with Gasteiger partial charge in [-0.1, -0.05) is 16.8 Å². The van der Waals surface area contributed by atoms with Crippen molar-refractivity contribution < 1.29 is 18.1 Å². The van der Waals surface area contributed by atoms with E-state index in [9.17, 15) is 9.00 Å². The highest BCUT2D eigenvalue weighted by molar-refractivity contribution is 7.78. The molecular weight excluding hydrogens is 314 g/mol. The molecule has 110 valence electrons. The van der Waals surface area contributed by atoms with Crippen LogP contribution in [0, 0.1) is 0 Å². The van der Waals surface area contributed by atoms with Gasteiger partial charge in [0.1, 0.15) is 6.29 Å². The molecule has 1 fully saturated rings. The zero-order valence-electron chi connectivity index (χ0n) is 10.9. The predicted octanol–water partition coefficient (Wildman–Crippen LogP) is 2.95. The summed E-state index contributed by atoms with van der Waals surface area (Å²) in [4.78, 5) is 11.3. The number of halogens is 1. The van der Waals surface area contributed by atoms with Crippen molar-refractivity contribution in [3.63, 3.8) is 0 Å². The van der Waals surface area contributed by atoms with Crippen LogP contribution >= 0.6 is 11.6 Å². The van der Waals surface area contributed by atoms with Crippen LogP contribution in [0.4, 0.5) is 0 Å². The van der Waals surface area contributed by atoms with Crippen molar-refractivity contribution in [1.29, 1.82) is 0 Å². The second-order valence-corrected chi connectivity index (χ2v) is 6.45. The van der Waals surface area contributed by atoms with Crippen molar-refractivity contribution in [2.75, 3.05) is 0 Å². The maximum absolute atomic E-state index is 11.3. The minimum absolute atomic E-state index is 0.0605. The molecule has 0 amide bonds. The molecule has 1 unspecified atom stereocenters. The average Bonchev–Trinajstić information content (AvgIpc) is 3.10. The van der Waals surface area contributed by atoms with E-state index in [0.29, 0.717) is 21.9 Å². The number of hydrogen-bond acceptors (Lipinski definition) is 4. The van der Waals surface area contributed by atoms with E-state index < -0.39 is 16.5 Å². The number of carbonyl (C=O) groups is 1. The molecule has 1 aromatic carbocycles. The normalized spacial score (nSPS) is 17.4. The Morgan fingerprint density at radius 1 is 1.48 bits per heavy atom. The van der Waals surface area contributed by atoms with Gasteiger partial charge in [-0.3, -0.25) is 0 Å². The molecular formula is C14H12ClNO4S. The van der Waals surface area contributed by atoms with E-state index in [4.69, 9.17) is 20.7 Å². The molecule has 3 rings (SSSR count). The summed E-state index contributed by atoms with van der Waals surface area (Å²) in [5.41, 5.74) is 1.51.